The predicted molar refractivity (Wildman–Crippen MR) is 75.3 cm³/mol. The monoisotopic (exact) mass is 251 g/mol. The Balaban J connectivity index is 1.53. The molecule has 2 heterocycles. The van der Waals surface area contributed by atoms with Crippen LogP contribution in [0.4, 0.5) is 0 Å². The van der Waals surface area contributed by atoms with Gasteiger partial charge in [-0.05, 0) is 51.0 Å². The molecule has 3 aliphatic rings. The summed E-state index contributed by atoms with van der Waals surface area (Å²) in [6.45, 7) is 3.78. The van der Waals surface area contributed by atoms with Crippen LogP contribution in [0.3, 0.4) is 0 Å². The number of rotatable bonds is 3. The summed E-state index contributed by atoms with van der Waals surface area (Å²) in [6, 6.07) is 1.54. The number of piperidine rings is 2. The average Bonchev–Trinajstić information content (AvgIpc) is 2.89. The predicted octanol–water partition coefficient (Wildman–Crippen LogP) is 2.29. The SMILES string of the molecule is C1CCN(NC2CCCC2C2CCCCN2)CC1. The van der Waals surface area contributed by atoms with Gasteiger partial charge in [-0.1, -0.05) is 19.3 Å². The number of nitrogens with one attached hydrogen (secondary N) is 2. The number of hydrazine groups is 1. The zero-order valence-corrected chi connectivity index (χ0v) is 11.7. The zero-order valence-electron chi connectivity index (χ0n) is 11.7. The van der Waals surface area contributed by atoms with Crippen LogP contribution in [0.25, 0.3) is 0 Å². The van der Waals surface area contributed by atoms with Crippen molar-refractivity contribution in [3.63, 3.8) is 0 Å². The molecule has 3 fully saturated rings. The van der Waals surface area contributed by atoms with Gasteiger partial charge in [0.15, 0.2) is 0 Å². The number of hydrogen-bond acceptors (Lipinski definition) is 3. The first-order chi connectivity index (χ1) is 8.93. The molecule has 3 unspecified atom stereocenters. The summed E-state index contributed by atoms with van der Waals surface area (Å²) in [5.41, 5.74) is 3.86. The molecule has 0 aromatic heterocycles. The van der Waals surface area contributed by atoms with Gasteiger partial charge in [0.05, 0.1) is 0 Å². The van der Waals surface area contributed by atoms with E-state index in [4.69, 9.17) is 0 Å². The molecule has 0 aromatic rings. The molecule has 0 bridgehead atoms. The van der Waals surface area contributed by atoms with Crippen molar-refractivity contribution in [2.45, 2.75) is 69.9 Å². The van der Waals surface area contributed by atoms with Crippen LogP contribution in [0.2, 0.25) is 0 Å². The normalized spacial score (nSPS) is 39.0. The smallest absolute Gasteiger partial charge is 0.0258 e. The summed E-state index contributed by atoms with van der Waals surface area (Å²) in [5.74, 6) is 0.882. The Hall–Kier alpha value is -0.120. The first kappa shape index (κ1) is 12.9. The molecule has 104 valence electrons. The second kappa shape index (κ2) is 6.36. The second-order valence-electron chi connectivity index (χ2n) is 6.43. The summed E-state index contributed by atoms with van der Waals surface area (Å²) >= 11 is 0. The van der Waals surface area contributed by atoms with Crippen LogP contribution in [-0.2, 0) is 0 Å². The summed E-state index contributed by atoms with van der Waals surface area (Å²) in [7, 11) is 0. The highest BCUT2D eigenvalue weighted by Crippen LogP contribution is 2.32. The topological polar surface area (TPSA) is 27.3 Å². The zero-order chi connectivity index (χ0) is 12.2. The fourth-order valence-corrected chi connectivity index (χ4v) is 4.13. The van der Waals surface area contributed by atoms with E-state index in [0.29, 0.717) is 0 Å². The van der Waals surface area contributed by atoms with Crippen LogP contribution < -0.4 is 10.7 Å². The van der Waals surface area contributed by atoms with Gasteiger partial charge in [-0.15, -0.1) is 0 Å². The van der Waals surface area contributed by atoms with Gasteiger partial charge in [-0.3, -0.25) is 5.43 Å². The van der Waals surface area contributed by atoms with Gasteiger partial charge in [-0.25, -0.2) is 5.01 Å². The highest BCUT2D eigenvalue weighted by Gasteiger charge is 2.35. The third-order valence-corrected chi connectivity index (χ3v) is 5.14. The maximum absolute atomic E-state index is 3.86. The minimum atomic E-state index is 0.749. The maximum atomic E-state index is 3.86. The van der Waals surface area contributed by atoms with Gasteiger partial charge in [0.1, 0.15) is 0 Å². The van der Waals surface area contributed by atoms with Gasteiger partial charge >= 0.3 is 0 Å². The quantitative estimate of drug-likeness (QED) is 0.806. The van der Waals surface area contributed by atoms with Gasteiger partial charge in [0.25, 0.3) is 0 Å². The van der Waals surface area contributed by atoms with Crippen molar-refractivity contribution in [1.82, 2.24) is 15.8 Å². The lowest BCUT2D eigenvalue weighted by atomic mass is 9.88. The van der Waals surface area contributed by atoms with E-state index in [-0.39, 0.29) is 0 Å². The van der Waals surface area contributed by atoms with Crippen molar-refractivity contribution in [3.05, 3.63) is 0 Å². The van der Waals surface area contributed by atoms with E-state index in [1.54, 1.807) is 0 Å². The van der Waals surface area contributed by atoms with E-state index in [9.17, 15) is 0 Å². The Bertz CT molecular complexity index is 244. The summed E-state index contributed by atoms with van der Waals surface area (Å²) in [4.78, 5) is 0. The van der Waals surface area contributed by atoms with Crippen LogP contribution in [0.15, 0.2) is 0 Å². The molecule has 2 aliphatic heterocycles. The summed E-state index contributed by atoms with van der Waals surface area (Å²) in [6.07, 6.45) is 12.7. The molecule has 3 atom stereocenters. The van der Waals surface area contributed by atoms with Crippen molar-refractivity contribution >= 4 is 0 Å². The van der Waals surface area contributed by atoms with E-state index in [0.717, 1.165) is 18.0 Å². The average molecular weight is 251 g/mol. The highest BCUT2D eigenvalue weighted by atomic mass is 15.5. The lowest BCUT2D eigenvalue weighted by Crippen LogP contribution is -2.53. The van der Waals surface area contributed by atoms with Crippen LogP contribution in [0, 0.1) is 5.92 Å². The van der Waals surface area contributed by atoms with E-state index in [2.05, 4.69) is 15.8 Å². The lowest BCUT2D eigenvalue weighted by Gasteiger charge is -2.37. The minimum Gasteiger partial charge on any atom is -0.314 e. The first-order valence-electron chi connectivity index (χ1n) is 8.18. The summed E-state index contributed by atoms with van der Waals surface area (Å²) < 4.78 is 0. The molecule has 3 rings (SSSR count). The van der Waals surface area contributed by atoms with Crippen LogP contribution in [0.1, 0.15) is 57.8 Å². The van der Waals surface area contributed by atoms with Gasteiger partial charge in [0, 0.05) is 25.2 Å². The maximum Gasteiger partial charge on any atom is 0.0258 e. The Kier molecular flexibility index (Phi) is 4.55. The molecule has 18 heavy (non-hydrogen) atoms. The highest BCUT2D eigenvalue weighted by molar-refractivity contribution is 4.92. The first-order valence-corrected chi connectivity index (χ1v) is 8.18. The van der Waals surface area contributed by atoms with Gasteiger partial charge in [0.2, 0.25) is 0 Å². The molecule has 1 saturated carbocycles. The van der Waals surface area contributed by atoms with Gasteiger partial charge < -0.3 is 5.32 Å². The molecule has 0 spiro atoms. The van der Waals surface area contributed by atoms with Crippen molar-refractivity contribution in [2.75, 3.05) is 19.6 Å². The second-order valence-corrected chi connectivity index (χ2v) is 6.43. The van der Waals surface area contributed by atoms with Crippen molar-refractivity contribution in [1.29, 1.82) is 0 Å². The van der Waals surface area contributed by atoms with E-state index < -0.39 is 0 Å². The molecule has 3 heteroatoms. The largest absolute Gasteiger partial charge is 0.314 e. The molecule has 3 nitrogen and oxygen atoms in total. The minimum absolute atomic E-state index is 0.749. The lowest BCUT2D eigenvalue weighted by molar-refractivity contribution is 0.103. The summed E-state index contributed by atoms with van der Waals surface area (Å²) in [5, 5.41) is 6.28. The van der Waals surface area contributed by atoms with Crippen molar-refractivity contribution in [3.8, 4) is 0 Å². The van der Waals surface area contributed by atoms with E-state index >= 15 is 0 Å². The molecule has 0 radical (unpaired) electrons. The van der Waals surface area contributed by atoms with Crippen LogP contribution in [0.5, 0.6) is 0 Å². The van der Waals surface area contributed by atoms with E-state index in [1.165, 1.54) is 77.4 Å². The Morgan fingerprint density at radius 3 is 2.50 bits per heavy atom. The number of nitrogens with zero attached hydrogens (tertiary/aromatic N) is 1. The van der Waals surface area contributed by atoms with E-state index in [1.807, 2.05) is 0 Å². The molecular weight excluding hydrogens is 222 g/mol. The third-order valence-electron chi connectivity index (χ3n) is 5.14. The van der Waals surface area contributed by atoms with Crippen molar-refractivity contribution in [2.24, 2.45) is 5.92 Å². The molecule has 0 aromatic carbocycles. The molecule has 1 aliphatic carbocycles. The fraction of sp³-hybridized carbons (Fsp3) is 1.00. The Morgan fingerprint density at radius 1 is 0.833 bits per heavy atom. The number of hydrogen-bond donors (Lipinski definition) is 2. The molecule has 0 amide bonds. The van der Waals surface area contributed by atoms with Gasteiger partial charge in [-0.2, -0.15) is 0 Å². The molecule has 2 N–H and O–H groups in total. The Labute approximate surface area is 112 Å². The Morgan fingerprint density at radius 2 is 1.72 bits per heavy atom. The van der Waals surface area contributed by atoms with Crippen LogP contribution >= 0.6 is 0 Å². The van der Waals surface area contributed by atoms with Crippen LogP contribution in [-0.4, -0.2) is 36.7 Å². The third kappa shape index (κ3) is 3.06. The fourth-order valence-electron chi connectivity index (χ4n) is 4.13. The van der Waals surface area contributed by atoms with Crippen molar-refractivity contribution < 1.29 is 0 Å². The standard InChI is InChI=1S/C15H29N3/c1-4-11-18(12-5-1)17-15-9-6-7-13(15)14-8-2-3-10-16-14/h13-17H,1-12H2. The molecular formula is C15H29N3. The molecule has 2 saturated heterocycles.